The number of carbonyl (C=O) groups excluding carboxylic acids is 2. The van der Waals surface area contributed by atoms with Crippen molar-refractivity contribution >= 4 is 11.9 Å². The molecule has 112 valence electrons. The molecule has 0 rings (SSSR count). The van der Waals surface area contributed by atoms with Gasteiger partial charge in [0.25, 0.3) is 0 Å². The molecule has 5 nitrogen and oxygen atoms in total. The van der Waals surface area contributed by atoms with Crippen molar-refractivity contribution in [1.29, 1.82) is 0 Å². The van der Waals surface area contributed by atoms with Gasteiger partial charge in [0.05, 0.1) is 18.6 Å². The number of rotatable bonds is 8. The second-order valence-electron chi connectivity index (χ2n) is 4.97. The summed E-state index contributed by atoms with van der Waals surface area (Å²) in [5.41, 5.74) is 0. The number of esters is 2. The molecule has 1 atom stereocenters. The Labute approximate surface area is 116 Å². The van der Waals surface area contributed by atoms with Gasteiger partial charge in [0, 0.05) is 0 Å². The van der Waals surface area contributed by atoms with Gasteiger partial charge in [-0.25, -0.2) is 0 Å². The monoisotopic (exact) mass is 273 g/mol. The number of carbonyl (C=O) groups is 2. The summed E-state index contributed by atoms with van der Waals surface area (Å²) < 4.78 is 10.3. The summed E-state index contributed by atoms with van der Waals surface area (Å²) in [6.45, 7) is 12.4. The van der Waals surface area contributed by atoms with E-state index in [4.69, 9.17) is 9.47 Å². The van der Waals surface area contributed by atoms with E-state index in [2.05, 4.69) is 0 Å². The van der Waals surface area contributed by atoms with Crippen LogP contribution in [-0.4, -0.2) is 48.2 Å². The van der Waals surface area contributed by atoms with Crippen LogP contribution in [0.2, 0.25) is 0 Å². The molecule has 0 aliphatic rings. The predicted molar refractivity (Wildman–Crippen MR) is 73.8 cm³/mol. The fraction of sp³-hybridized carbons (Fsp3) is 0.857. The topological polar surface area (TPSA) is 55.8 Å². The first-order valence-corrected chi connectivity index (χ1v) is 6.95. The summed E-state index contributed by atoms with van der Waals surface area (Å²) in [5, 5.41) is 0. The van der Waals surface area contributed by atoms with Gasteiger partial charge in [-0.2, -0.15) is 0 Å². The quantitative estimate of drug-likeness (QED) is 0.633. The lowest BCUT2D eigenvalue weighted by atomic mass is 10.1. The third-order valence-corrected chi connectivity index (χ3v) is 2.60. The molecular formula is C14H27NO4. The summed E-state index contributed by atoms with van der Waals surface area (Å²) in [4.78, 5) is 25.7. The van der Waals surface area contributed by atoms with Crippen LogP contribution in [0.15, 0.2) is 0 Å². The maximum absolute atomic E-state index is 12.1. The minimum absolute atomic E-state index is 0.0331. The van der Waals surface area contributed by atoms with Crippen molar-refractivity contribution in [3.8, 4) is 0 Å². The van der Waals surface area contributed by atoms with Gasteiger partial charge in [-0.15, -0.1) is 0 Å². The van der Waals surface area contributed by atoms with E-state index in [0.29, 0.717) is 13.1 Å². The molecule has 0 saturated carbocycles. The van der Waals surface area contributed by atoms with E-state index in [9.17, 15) is 9.59 Å². The van der Waals surface area contributed by atoms with Gasteiger partial charge < -0.3 is 9.47 Å². The summed E-state index contributed by atoms with van der Waals surface area (Å²) >= 11 is 0. The Hall–Kier alpha value is -1.10. The van der Waals surface area contributed by atoms with Gasteiger partial charge >= 0.3 is 11.9 Å². The number of hydrogen-bond acceptors (Lipinski definition) is 5. The van der Waals surface area contributed by atoms with E-state index < -0.39 is 6.04 Å². The largest absolute Gasteiger partial charge is 0.463 e. The Balaban J connectivity index is 4.75. The maximum atomic E-state index is 12.1. The van der Waals surface area contributed by atoms with Gasteiger partial charge in [-0.05, 0) is 40.8 Å². The van der Waals surface area contributed by atoms with Crippen molar-refractivity contribution in [3.05, 3.63) is 0 Å². The zero-order valence-corrected chi connectivity index (χ0v) is 12.9. The molecule has 19 heavy (non-hydrogen) atoms. The number of ether oxygens (including phenoxy) is 2. The van der Waals surface area contributed by atoms with E-state index in [1.54, 1.807) is 27.7 Å². The van der Waals surface area contributed by atoms with Crippen molar-refractivity contribution in [1.82, 2.24) is 4.90 Å². The molecule has 0 aromatic heterocycles. The predicted octanol–water partition coefficient (Wildman–Crippen LogP) is 1.99. The molecule has 0 fully saturated rings. The highest BCUT2D eigenvalue weighted by Gasteiger charge is 2.29. The van der Waals surface area contributed by atoms with Crippen LogP contribution >= 0.6 is 0 Å². The van der Waals surface area contributed by atoms with Crippen LogP contribution in [0.3, 0.4) is 0 Å². The first-order chi connectivity index (χ1) is 8.81. The molecule has 0 heterocycles. The minimum atomic E-state index is -0.566. The average Bonchev–Trinajstić information content (AvgIpc) is 2.27. The zero-order valence-electron chi connectivity index (χ0n) is 12.9. The van der Waals surface area contributed by atoms with Gasteiger partial charge in [0.2, 0.25) is 0 Å². The highest BCUT2D eigenvalue weighted by molar-refractivity contribution is 5.82. The van der Waals surface area contributed by atoms with Crippen LogP contribution < -0.4 is 0 Å². The van der Waals surface area contributed by atoms with Crippen molar-refractivity contribution in [3.63, 3.8) is 0 Å². The maximum Gasteiger partial charge on any atom is 0.324 e. The van der Waals surface area contributed by atoms with Crippen LogP contribution in [0.4, 0.5) is 0 Å². The van der Waals surface area contributed by atoms with Crippen molar-refractivity contribution in [2.45, 2.75) is 66.2 Å². The van der Waals surface area contributed by atoms with Crippen LogP contribution in [0, 0.1) is 0 Å². The summed E-state index contributed by atoms with van der Waals surface area (Å²) in [6.07, 6.45) is -0.330. The molecule has 0 aromatic carbocycles. The van der Waals surface area contributed by atoms with Crippen LogP contribution in [-0.2, 0) is 19.1 Å². The smallest absolute Gasteiger partial charge is 0.324 e. The first-order valence-electron chi connectivity index (χ1n) is 6.95. The molecule has 0 aliphatic heterocycles. The molecule has 0 saturated heterocycles. The molecule has 0 N–H and O–H groups in total. The Morgan fingerprint density at radius 1 is 0.947 bits per heavy atom. The molecular weight excluding hydrogens is 246 g/mol. The normalized spacial score (nSPS) is 12.9. The van der Waals surface area contributed by atoms with Crippen LogP contribution in [0.1, 0.15) is 48.0 Å². The number of nitrogens with zero attached hydrogens (tertiary/aromatic N) is 1. The lowest BCUT2D eigenvalue weighted by molar-refractivity contribution is -0.160. The van der Waals surface area contributed by atoms with Gasteiger partial charge in [-0.3, -0.25) is 14.5 Å². The van der Waals surface area contributed by atoms with Crippen molar-refractivity contribution < 1.29 is 19.1 Å². The lowest BCUT2D eigenvalue weighted by Gasteiger charge is -2.28. The zero-order chi connectivity index (χ0) is 15.0. The highest BCUT2D eigenvalue weighted by atomic mass is 16.6. The third-order valence-electron chi connectivity index (χ3n) is 2.60. The second kappa shape index (κ2) is 8.91. The fourth-order valence-corrected chi connectivity index (χ4v) is 1.81. The molecule has 0 aliphatic carbocycles. The van der Waals surface area contributed by atoms with Gasteiger partial charge in [0.15, 0.2) is 0 Å². The Morgan fingerprint density at radius 2 is 1.42 bits per heavy atom. The Kier molecular flexibility index (Phi) is 8.39. The van der Waals surface area contributed by atoms with E-state index in [0.717, 1.165) is 0 Å². The van der Waals surface area contributed by atoms with Crippen molar-refractivity contribution in [2.24, 2.45) is 0 Å². The standard InChI is InChI=1S/C14H27NO4/c1-7-15(8-2)12(14(17)19-11(5)6)9-13(16)18-10(3)4/h10-12H,7-9H2,1-6H3. The lowest BCUT2D eigenvalue weighted by Crippen LogP contribution is -2.44. The number of likely N-dealkylation sites (N-methyl/N-ethyl adjacent to an activating group) is 1. The van der Waals surface area contributed by atoms with Crippen molar-refractivity contribution in [2.75, 3.05) is 13.1 Å². The van der Waals surface area contributed by atoms with Crippen LogP contribution in [0.5, 0.6) is 0 Å². The Morgan fingerprint density at radius 3 is 1.79 bits per heavy atom. The molecule has 0 bridgehead atoms. The molecule has 0 aromatic rings. The van der Waals surface area contributed by atoms with E-state index in [1.165, 1.54) is 0 Å². The minimum Gasteiger partial charge on any atom is -0.463 e. The summed E-state index contributed by atoms with van der Waals surface area (Å²) in [6, 6.07) is -0.566. The third kappa shape index (κ3) is 7.15. The Bertz CT molecular complexity index is 285. The SMILES string of the molecule is CCN(CC)C(CC(=O)OC(C)C)C(=O)OC(C)C. The first kappa shape index (κ1) is 17.9. The number of hydrogen-bond donors (Lipinski definition) is 0. The van der Waals surface area contributed by atoms with E-state index in [-0.39, 0.29) is 30.6 Å². The fourth-order valence-electron chi connectivity index (χ4n) is 1.81. The molecule has 1 unspecified atom stereocenters. The van der Waals surface area contributed by atoms with Gasteiger partial charge in [0.1, 0.15) is 6.04 Å². The van der Waals surface area contributed by atoms with E-state index >= 15 is 0 Å². The summed E-state index contributed by atoms with van der Waals surface area (Å²) in [5.74, 6) is -0.730. The van der Waals surface area contributed by atoms with E-state index in [1.807, 2.05) is 18.7 Å². The second-order valence-corrected chi connectivity index (χ2v) is 4.97. The molecule has 0 radical (unpaired) electrons. The molecule has 5 heteroatoms. The molecule has 0 spiro atoms. The summed E-state index contributed by atoms with van der Waals surface area (Å²) in [7, 11) is 0. The highest BCUT2D eigenvalue weighted by Crippen LogP contribution is 2.10. The average molecular weight is 273 g/mol. The van der Waals surface area contributed by atoms with Crippen LogP contribution in [0.25, 0.3) is 0 Å². The van der Waals surface area contributed by atoms with Gasteiger partial charge in [-0.1, -0.05) is 13.8 Å². The molecule has 0 amide bonds.